The normalized spacial score (nSPS) is 11.1. The highest BCUT2D eigenvalue weighted by molar-refractivity contribution is 9.10. The Morgan fingerprint density at radius 1 is 1.24 bits per heavy atom. The topological polar surface area (TPSA) is 20.3 Å². The van der Waals surface area contributed by atoms with Gasteiger partial charge >= 0.3 is 0 Å². The summed E-state index contributed by atoms with van der Waals surface area (Å²) in [4.78, 5) is 15.1. The van der Waals surface area contributed by atoms with Crippen molar-refractivity contribution in [1.29, 1.82) is 0 Å². The summed E-state index contributed by atoms with van der Waals surface area (Å²) < 4.78 is 27.2. The predicted molar refractivity (Wildman–Crippen MR) is 83.7 cm³/mol. The molecule has 112 valence electrons. The molecular weight excluding hydrogens is 360 g/mol. The number of nitrogens with zero attached hydrogens (tertiary/aromatic N) is 1. The van der Waals surface area contributed by atoms with Gasteiger partial charge in [-0.3, -0.25) is 4.79 Å². The summed E-state index contributed by atoms with van der Waals surface area (Å²) in [5.74, 6) is -1.71. The third-order valence-corrected chi connectivity index (χ3v) is 4.64. The van der Waals surface area contributed by atoms with E-state index in [4.69, 9.17) is 0 Å². The zero-order valence-electron chi connectivity index (χ0n) is 11.4. The summed E-state index contributed by atoms with van der Waals surface area (Å²) in [5, 5.41) is 2.00. The number of benzene rings is 1. The summed E-state index contributed by atoms with van der Waals surface area (Å²) in [6, 6.07) is 4.94. The van der Waals surface area contributed by atoms with Crippen LogP contribution in [0.25, 0.3) is 0 Å². The molecule has 0 spiro atoms. The van der Waals surface area contributed by atoms with Crippen molar-refractivity contribution in [3.8, 4) is 0 Å². The molecule has 0 aliphatic rings. The Kier molecular flexibility index (Phi) is 5.61. The molecular formula is C15H14BrF2NOS. The van der Waals surface area contributed by atoms with Gasteiger partial charge in [-0.05, 0) is 41.2 Å². The maximum Gasteiger partial charge on any atom is 0.164 e. The fourth-order valence-corrected chi connectivity index (χ4v) is 3.46. The van der Waals surface area contributed by atoms with E-state index in [2.05, 4.69) is 15.9 Å². The highest BCUT2D eigenvalue weighted by atomic mass is 79.9. The first-order valence-corrected chi connectivity index (χ1v) is 8.02. The van der Waals surface area contributed by atoms with Crippen LogP contribution in [0.1, 0.15) is 21.7 Å². The Morgan fingerprint density at radius 3 is 2.48 bits per heavy atom. The minimum Gasteiger partial charge on any atom is -0.301 e. The van der Waals surface area contributed by atoms with Crippen molar-refractivity contribution in [3.63, 3.8) is 0 Å². The molecule has 0 aliphatic carbocycles. The van der Waals surface area contributed by atoms with Crippen LogP contribution >= 0.6 is 27.3 Å². The van der Waals surface area contributed by atoms with Crippen LogP contribution in [0.4, 0.5) is 8.78 Å². The number of rotatable bonds is 6. The monoisotopic (exact) mass is 373 g/mol. The minimum absolute atomic E-state index is 0.0831. The number of halogens is 3. The van der Waals surface area contributed by atoms with Crippen molar-refractivity contribution < 1.29 is 13.6 Å². The van der Waals surface area contributed by atoms with Gasteiger partial charge in [-0.15, -0.1) is 11.3 Å². The van der Waals surface area contributed by atoms with Crippen molar-refractivity contribution in [2.75, 3.05) is 13.6 Å². The van der Waals surface area contributed by atoms with Crippen molar-refractivity contribution >= 4 is 33.0 Å². The van der Waals surface area contributed by atoms with Crippen LogP contribution in [0, 0.1) is 11.6 Å². The highest BCUT2D eigenvalue weighted by Gasteiger charge is 2.11. The average molecular weight is 374 g/mol. The molecule has 2 aromatic rings. The zero-order valence-corrected chi connectivity index (χ0v) is 13.8. The Labute approximate surface area is 134 Å². The van der Waals surface area contributed by atoms with E-state index in [-0.39, 0.29) is 17.8 Å². The molecule has 0 saturated carbocycles. The van der Waals surface area contributed by atoms with Gasteiger partial charge in [-0.25, -0.2) is 8.78 Å². The van der Waals surface area contributed by atoms with E-state index in [1.807, 2.05) is 23.4 Å². The second-order valence-electron chi connectivity index (χ2n) is 4.80. The quantitative estimate of drug-likeness (QED) is 0.695. The van der Waals surface area contributed by atoms with Crippen molar-refractivity contribution in [1.82, 2.24) is 4.90 Å². The van der Waals surface area contributed by atoms with Gasteiger partial charge in [0.25, 0.3) is 0 Å². The van der Waals surface area contributed by atoms with Gasteiger partial charge in [-0.2, -0.15) is 0 Å². The van der Waals surface area contributed by atoms with Gasteiger partial charge < -0.3 is 4.90 Å². The average Bonchev–Trinajstić information content (AvgIpc) is 2.80. The van der Waals surface area contributed by atoms with Gasteiger partial charge in [0.2, 0.25) is 0 Å². The van der Waals surface area contributed by atoms with E-state index in [9.17, 15) is 13.6 Å². The van der Waals surface area contributed by atoms with Crippen LogP contribution < -0.4 is 0 Å². The van der Waals surface area contributed by atoms with Gasteiger partial charge in [-0.1, -0.05) is 0 Å². The van der Waals surface area contributed by atoms with Crippen molar-refractivity contribution in [2.45, 2.75) is 13.0 Å². The SMILES string of the molecule is CN(CCC(=O)c1cc(F)cc(F)c1)Cc1cc(Br)cs1. The molecule has 0 amide bonds. The maximum absolute atomic E-state index is 13.1. The highest BCUT2D eigenvalue weighted by Crippen LogP contribution is 2.21. The third kappa shape index (κ3) is 4.98. The van der Waals surface area contributed by atoms with Crippen molar-refractivity contribution in [2.24, 2.45) is 0 Å². The van der Waals surface area contributed by atoms with Gasteiger partial charge in [0.15, 0.2) is 5.78 Å². The number of carbonyl (C=O) groups excluding carboxylic acids is 1. The predicted octanol–water partition coefficient (Wildman–Crippen LogP) is 4.49. The van der Waals surface area contributed by atoms with Crippen LogP contribution in [-0.4, -0.2) is 24.3 Å². The van der Waals surface area contributed by atoms with Crippen LogP contribution in [0.3, 0.4) is 0 Å². The number of hydrogen-bond acceptors (Lipinski definition) is 3. The largest absolute Gasteiger partial charge is 0.301 e. The first-order valence-electron chi connectivity index (χ1n) is 6.35. The molecule has 0 fully saturated rings. The molecule has 0 bridgehead atoms. The molecule has 0 radical (unpaired) electrons. The van der Waals surface area contributed by atoms with E-state index in [0.717, 1.165) is 29.2 Å². The Morgan fingerprint density at radius 2 is 1.90 bits per heavy atom. The van der Waals surface area contributed by atoms with Gasteiger partial charge in [0.05, 0.1) is 0 Å². The lowest BCUT2D eigenvalue weighted by molar-refractivity contribution is 0.0967. The van der Waals surface area contributed by atoms with E-state index in [1.165, 1.54) is 4.88 Å². The summed E-state index contributed by atoms with van der Waals surface area (Å²) in [6.45, 7) is 1.27. The minimum atomic E-state index is -0.727. The molecule has 0 aliphatic heterocycles. The van der Waals surface area contributed by atoms with E-state index >= 15 is 0 Å². The summed E-state index contributed by atoms with van der Waals surface area (Å²) in [5.41, 5.74) is 0.0831. The zero-order chi connectivity index (χ0) is 15.4. The van der Waals surface area contributed by atoms with E-state index in [1.54, 1.807) is 11.3 Å². The van der Waals surface area contributed by atoms with Crippen LogP contribution in [0.15, 0.2) is 34.1 Å². The molecule has 1 aromatic heterocycles. The second kappa shape index (κ2) is 7.24. The maximum atomic E-state index is 13.1. The standard InChI is InChI=1S/C15H14BrF2NOS/c1-19(8-14-6-11(16)9-21-14)3-2-15(20)10-4-12(17)7-13(18)5-10/h4-7,9H,2-3,8H2,1H3. The first-order chi connectivity index (χ1) is 9.94. The Hall–Kier alpha value is -1.11. The molecule has 1 heterocycles. The summed E-state index contributed by atoms with van der Waals surface area (Å²) in [6.07, 6.45) is 0.228. The van der Waals surface area contributed by atoms with Gasteiger partial charge in [0.1, 0.15) is 11.6 Å². The third-order valence-electron chi connectivity index (χ3n) is 2.95. The fraction of sp³-hybridized carbons (Fsp3) is 0.267. The number of thiophene rings is 1. The van der Waals surface area contributed by atoms with E-state index < -0.39 is 11.6 Å². The molecule has 21 heavy (non-hydrogen) atoms. The lowest BCUT2D eigenvalue weighted by Gasteiger charge is -2.14. The molecule has 0 N–H and O–H groups in total. The first kappa shape index (κ1) is 16.3. The number of ketones is 1. The smallest absolute Gasteiger partial charge is 0.164 e. The van der Waals surface area contributed by atoms with Gasteiger partial charge in [0, 0.05) is 45.9 Å². The van der Waals surface area contributed by atoms with Crippen molar-refractivity contribution in [3.05, 3.63) is 56.2 Å². The molecule has 6 heteroatoms. The number of Topliss-reactive ketones (excluding diaryl/α,β-unsaturated/α-hetero) is 1. The van der Waals surface area contributed by atoms with E-state index in [0.29, 0.717) is 6.54 Å². The molecule has 2 rings (SSSR count). The van der Waals surface area contributed by atoms with Crippen LogP contribution in [0.2, 0.25) is 0 Å². The molecule has 1 aromatic carbocycles. The molecule has 0 atom stereocenters. The lowest BCUT2D eigenvalue weighted by atomic mass is 10.1. The summed E-state index contributed by atoms with van der Waals surface area (Å²) in [7, 11) is 1.91. The second-order valence-corrected chi connectivity index (χ2v) is 6.71. The Bertz CT molecular complexity index is 624. The van der Waals surface area contributed by atoms with Crippen LogP contribution in [0.5, 0.6) is 0 Å². The molecule has 2 nitrogen and oxygen atoms in total. The lowest BCUT2D eigenvalue weighted by Crippen LogP contribution is -2.21. The molecule has 0 unspecified atom stereocenters. The Balaban J connectivity index is 1.88. The van der Waals surface area contributed by atoms with Crippen LogP contribution in [-0.2, 0) is 6.54 Å². The fourth-order valence-electron chi connectivity index (χ4n) is 1.93. The molecule has 0 saturated heterocycles. The number of hydrogen-bond donors (Lipinski definition) is 0. The summed E-state index contributed by atoms with van der Waals surface area (Å²) >= 11 is 5.03. The number of carbonyl (C=O) groups is 1.